The summed E-state index contributed by atoms with van der Waals surface area (Å²) in [6, 6.07) is 2.23. The third-order valence-electron chi connectivity index (χ3n) is 3.02. The van der Waals surface area contributed by atoms with Crippen molar-refractivity contribution in [3.8, 4) is 5.75 Å². The molecule has 0 N–H and O–H groups in total. The van der Waals surface area contributed by atoms with Crippen LogP contribution in [0.1, 0.15) is 20.8 Å². The molecule has 1 fully saturated rings. The van der Waals surface area contributed by atoms with Crippen LogP contribution in [0.25, 0.3) is 0 Å². The van der Waals surface area contributed by atoms with E-state index < -0.39 is 23.9 Å². The Labute approximate surface area is 126 Å². The second kappa shape index (κ2) is 5.89. The van der Waals surface area contributed by atoms with Gasteiger partial charge in [-0.1, -0.05) is 25.4 Å². The molecule has 1 atom stereocenters. The predicted molar refractivity (Wildman–Crippen MR) is 75.2 cm³/mol. The largest absolute Gasteiger partial charge is 0.492 e. The van der Waals surface area contributed by atoms with Crippen LogP contribution in [0.3, 0.4) is 0 Å². The number of rotatable bonds is 4. The molecule has 1 saturated heterocycles. The van der Waals surface area contributed by atoms with Gasteiger partial charge in [0.1, 0.15) is 11.6 Å². The molecular formula is C14H15ClFNO4. The van der Waals surface area contributed by atoms with Gasteiger partial charge in [0.15, 0.2) is 6.10 Å². The molecule has 21 heavy (non-hydrogen) atoms. The molecule has 0 aliphatic carbocycles. The van der Waals surface area contributed by atoms with E-state index in [1.54, 1.807) is 20.8 Å². The third kappa shape index (κ3) is 2.81. The second-order valence-electron chi connectivity index (χ2n) is 4.89. The number of halogens is 2. The maximum atomic E-state index is 14.1. The summed E-state index contributed by atoms with van der Waals surface area (Å²) in [5.41, 5.74) is -0.221. The zero-order chi connectivity index (χ0) is 15.7. The number of anilines is 1. The lowest BCUT2D eigenvalue weighted by Crippen LogP contribution is -2.33. The highest BCUT2D eigenvalue weighted by Crippen LogP contribution is 2.35. The van der Waals surface area contributed by atoms with Gasteiger partial charge in [-0.15, -0.1) is 0 Å². The zero-order valence-corrected chi connectivity index (χ0v) is 12.6. The molecular weight excluding hydrogens is 301 g/mol. The van der Waals surface area contributed by atoms with Crippen LogP contribution < -0.4 is 9.64 Å². The number of cyclic esters (lactones) is 1. The number of nitrogens with zero attached hydrogens (tertiary/aromatic N) is 1. The number of benzene rings is 1. The summed E-state index contributed by atoms with van der Waals surface area (Å²) >= 11 is 5.85. The molecule has 1 aromatic rings. The predicted octanol–water partition coefficient (Wildman–Crippen LogP) is 3.39. The van der Waals surface area contributed by atoms with Crippen LogP contribution in [0.4, 0.5) is 14.9 Å². The molecule has 1 aromatic carbocycles. The molecule has 0 bridgehead atoms. The molecule has 0 saturated carbocycles. The normalized spacial score (nSPS) is 18.4. The number of carbonyl (C=O) groups is 2. The minimum absolute atomic E-state index is 0.0681. The Hall–Kier alpha value is -1.82. The van der Waals surface area contributed by atoms with Gasteiger partial charge < -0.3 is 9.47 Å². The SMILES string of the molecule is CCOc1cc(N2C(=O)OC(C(C)C)C2=O)c(F)cc1Cl. The van der Waals surface area contributed by atoms with Crippen molar-refractivity contribution in [1.82, 2.24) is 0 Å². The molecule has 1 heterocycles. The van der Waals surface area contributed by atoms with Gasteiger partial charge in [-0.25, -0.2) is 14.1 Å². The first-order valence-corrected chi connectivity index (χ1v) is 6.91. The zero-order valence-electron chi connectivity index (χ0n) is 11.9. The molecule has 5 nitrogen and oxygen atoms in total. The van der Waals surface area contributed by atoms with Gasteiger partial charge >= 0.3 is 6.09 Å². The summed E-state index contributed by atoms with van der Waals surface area (Å²) in [6.45, 7) is 5.54. The molecule has 7 heteroatoms. The summed E-state index contributed by atoms with van der Waals surface area (Å²) in [7, 11) is 0. The van der Waals surface area contributed by atoms with Crippen molar-refractivity contribution in [3.05, 3.63) is 23.0 Å². The highest BCUT2D eigenvalue weighted by molar-refractivity contribution is 6.32. The Bertz CT molecular complexity index is 591. The van der Waals surface area contributed by atoms with Crippen molar-refractivity contribution in [3.63, 3.8) is 0 Å². The first-order chi connectivity index (χ1) is 9.86. The van der Waals surface area contributed by atoms with E-state index in [4.69, 9.17) is 21.1 Å². The van der Waals surface area contributed by atoms with E-state index in [2.05, 4.69) is 0 Å². The van der Waals surface area contributed by atoms with Crippen molar-refractivity contribution in [1.29, 1.82) is 0 Å². The van der Waals surface area contributed by atoms with Gasteiger partial charge in [0.05, 0.1) is 17.3 Å². The Balaban J connectivity index is 2.44. The van der Waals surface area contributed by atoms with Gasteiger partial charge in [0.25, 0.3) is 5.91 Å². The van der Waals surface area contributed by atoms with Crippen LogP contribution in [-0.2, 0) is 9.53 Å². The van der Waals surface area contributed by atoms with Gasteiger partial charge in [-0.3, -0.25) is 4.79 Å². The van der Waals surface area contributed by atoms with E-state index in [1.807, 2.05) is 0 Å². The van der Waals surface area contributed by atoms with E-state index in [9.17, 15) is 14.0 Å². The van der Waals surface area contributed by atoms with E-state index in [-0.39, 0.29) is 22.4 Å². The van der Waals surface area contributed by atoms with E-state index in [0.29, 0.717) is 11.5 Å². The topological polar surface area (TPSA) is 55.8 Å². The van der Waals surface area contributed by atoms with Crippen molar-refractivity contribution >= 4 is 29.3 Å². The lowest BCUT2D eigenvalue weighted by molar-refractivity contribution is -0.123. The van der Waals surface area contributed by atoms with Crippen molar-refractivity contribution in [2.24, 2.45) is 5.92 Å². The smallest absolute Gasteiger partial charge is 0.422 e. The van der Waals surface area contributed by atoms with Crippen LogP contribution in [0.15, 0.2) is 12.1 Å². The molecule has 1 aliphatic rings. The molecule has 114 valence electrons. The maximum Gasteiger partial charge on any atom is 0.422 e. The summed E-state index contributed by atoms with van der Waals surface area (Å²) in [5, 5.41) is 0.0681. The average molecular weight is 316 g/mol. The molecule has 1 aliphatic heterocycles. The summed E-state index contributed by atoms with van der Waals surface area (Å²) in [5.74, 6) is -1.39. The van der Waals surface area contributed by atoms with E-state index in [1.165, 1.54) is 6.07 Å². The van der Waals surface area contributed by atoms with Crippen molar-refractivity contribution < 1.29 is 23.5 Å². The van der Waals surface area contributed by atoms with E-state index in [0.717, 1.165) is 6.07 Å². The number of hydrogen-bond donors (Lipinski definition) is 0. The van der Waals surface area contributed by atoms with Crippen LogP contribution in [0.5, 0.6) is 5.75 Å². The van der Waals surface area contributed by atoms with Crippen LogP contribution in [-0.4, -0.2) is 24.7 Å². The minimum Gasteiger partial charge on any atom is -0.492 e. The number of amides is 2. The maximum absolute atomic E-state index is 14.1. The molecule has 1 unspecified atom stereocenters. The second-order valence-corrected chi connectivity index (χ2v) is 5.30. The van der Waals surface area contributed by atoms with Gasteiger partial charge in [-0.05, 0) is 18.9 Å². The Morgan fingerprint density at radius 1 is 1.43 bits per heavy atom. The van der Waals surface area contributed by atoms with Gasteiger partial charge in [0.2, 0.25) is 0 Å². The van der Waals surface area contributed by atoms with Crippen molar-refractivity contribution in [2.45, 2.75) is 26.9 Å². The summed E-state index contributed by atoms with van der Waals surface area (Å²) < 4.78 is 24.3. The number of imide groups is 1. The fraction of sp³-hybridized carbons (Fsp3) is 0.429. The first-order valence-electron chi connectivity index (χ1n) is 6.53. The Kier molecular flexibility index (Phi) is 4.37. The standard InChI is InChI=1S/C14H15ClFNO4/c1-4-20-11-6-10(9(16)5-8(11)15)17-13(18)12(7(2)3)21-14(17)19/h5-7,12H,4H2,1-3H3. The molecule has 2 rings (SSSR count). The lowest BCUT2D eigenvalue weighted by Gasteiger charge is -2.15. The molecule has 0 radical (unpaired) electrons. The fourth-order valence-corrected chi connectivity index (χ4v) is 2.23. The molecule has 0 spiro atoms. The van der Waals surface area contributed by atoms with Gasteiger partial charge in [0, 0.05) is 6.07 Å². The Morgan fingerprint density at radius 3 is 2.62 bits per heavy atom. The third-order valence-corrected chi connectivity index (χ3v) is 3.32. The number of hydrogen-bond acceptors (Lipinski definition) is 4. The van der Waals surface area contributed by atoms with Crippen LogP contribution in [0, 0.1) is 11.7 Å². The fourth-order valence-electron chi connectivity index (χ4n) is 2.02. The highest BCUT2D eigenvalue weighted by atomic mass is 35.5. The quantitative estimate of drug-likeness (QED) is 0.854. The molecule has 2 amide bonds. The average Bonchev–Trinajstić information content (AvgIpc) is 2.69. The van der Waals surface area contributed by atoms with Gasteiger partial charge in [-0.2, -0.15) is 0 Å². The Morgan fingerprint density at radius 2 is 2.10 bits per heavy atom. The minimum atomic E-state index is -0.914. The lowest BCUT2D eigenvalue weighted by atomic mass is 10.1. The van der Waals surface area contributed by atoms with Crippen LogP contribution >= 0.6 is 11.6 Å². The van der Waals surface area contributed by atoms with E-state index >= 15 is 0 Å². The monoisotopic (exact) mass is 315 g/mol. The van der Waals surface area contributed by atoms with Crippen molar-refractivity contribution in [2.75, 3.05) is 11.5 Å². The number of ether oxygens (including phenoxy) is 2. The number of carbonyl (C=O) groups excluding carboxylic acids is 2. The molecule has 0 aromatic heterocycles. The summed E-state index contributed by atoms with van der Waals surface area (Å²) in [6.07, 6.45) is -1.81. The highest BCUT2D eigenvalue weighted by Gasteiger charge is 2.44. The van der Waals surface area contributed by atoms with Crippen LogP contribution in [0.2, 0.25) is 5.02 Å². The first kappa shape index (κ1) is 15.6. The summed E-state index contributed by atoms with van der Waals surface area (Å²) in [4.78, 5) is 24.7.